The van der Waals surface area contributed by atoms with Crippen LogP contribution in [-0.2, 0) is 11.2 Å². The first-order chi connectivity index (χ1) is 7.43. The molecule has 1 unspecified atom stereocenters. The molecule has 1 N–H and O–H groups in total. The highest BCUT2D eigenvalue weighted by molar-refractivity contribution is 6.42. The second-order valence-electron chi connectivity index (χ2n) is 3.73. The van der Waals surface area contributed by atoms with Gasteiger partial charge in [0.25, 0.3) is 0 Å². The third-order valence-electron chi connectivity index (χ3n) is 2.35. The molecule has 0 aliphatic rings. The molecule has 1 aromatic rings. The van der Waals surface area contributed by atoms with E-state index in [0.717, 1.165) is 5.56 Å². The number of nitrogens with zero attached hydrogens (tertiary/aromatic N) is 1. The average molecular weight is 262 g/mol. The Labute approximate surface area is 105 Å². The van der Waals surface area contributed by atoms with E-state index in [1.165, 1.54) is 0 Å². The van der Waals surface area contributed by atoms with Crippen LogP contribution >= 0.6 is 23.2 Å². The molecule has 0 aliphatic heterocycles. The van der Waals surface area contributed by atoms with Crippen molar-refractivity contribution in [3.8, 4) is 0 Å². The van der Waals surface area contributed by atoms with Crippen LogP contribution in [0.5, 0.6) is 0 Å². The van der Waals surface area contributed by atoms with E-state index in [2.05, 4.69) is 0 Å². The molecule has 0 bridgehead atoms. The molecule has 0 fully saturated rings. The summed E-state index contributed by atoms with van der Waals surface area (Å²) in [7, 11) is 3.44. The normalized spacial score (nSPS) is 12.8. The zero-order valence-electron chi connectivity index (χ0n) is 9.08. The summed E-state index contributed by atoms with van der Waals surface area (Å²) in [5, 5.41) is 9.92. The Bertz CT molecular complexity index is 394. The number of hydrogen-bond acceptors (Lipinski definition) is 2. The molecule has 1 atom stereocenters. The van der Waals surface area contributed by atoms with Gasteiger partial charge in [-0.2, -0.15) is 0 Å². The Kier molecular flexibility index (Phi) is 4.59. The van der Waals surface area contributed by atoms with E-state index >= 15 is 0 Å². The number of carboxylic acid groups (broad SMARTS) is 1. The Morgan fingerprint density at radius 2 is 2.06 bits per heavy atom. The van der Waals surface area contributed by atoms with Gasteiger partial charge in [0.1, 0.15) is 6.04 Å². The molecule has 0 aliphatic carbocycles. The lowest BCUT2D eigenvalue weighted by molar-refractivity contribution is -0.142. The van der Waals surface area contributed by atoms with Crippen molar-refractivity contribution in [1.82, 2.24) is 4.90 Å². The molecule has 1 rings (SSSR count). The predicted octanol–water partition coefficient (Wildman–Crippen LogP) is 2.55. The molecule has 88 valence electrons. The SMILES string of the molecule is CN(C)C(Cc1cccc(Cl)c1Cl)C(=O)O. The number of carboxylic acids is 1. The number of likely N-dealkylation sites (N-methyl/N-ethyl adjacent to an activating group) is 1. The zero-order chi connectivity index (χ0) is 12.3. The molecule has 0 radical (unpaired) electrons. The summed E-state index contributed by atoms with van der Waals surface area (Å²) in [6.45, 7) is 0. The Hall–Kier alpha value is -0.770. The number of benzene rings is 1. The monoisotopic (exact) mass is 261 g/mol. The molecular formula is C11H13Cl2NO2. The fraction of sp³-hybridized carbons (Fsp3) is 0.364. The Balaban J connectivity index is 2.94. The van der Waals surface area contributed by atoms with Crippen molar-refractivity contribution in [2.24, 2.45) is 0 Å². The summed E-state index contributed by atoms with van der Waals surface area (Å²) in [5.41, 5.74) is 0.746. The van der Waals surface area contributed by atoms with Gasteiger partial charge in [-0.25, -0.2) is 0 Å². The van der Waals surface area contributed by atoms with E-state index < -0.39 is 12.0 Å². The van der Waals surface area contributed by atoms with Crippen molar-refractivity contribution < 1.29 is 9.90 Å². The van der Waals surface area contributed by atoms with E-state index in [-0.39, 0.29) is 0 Å². The molecule has 0 saturated heterocycles. The quantitative estimate of drug-likeness (QED) is 0.906. The summed E-state index contributed by atoms with van der Waals surface area (Å²) < 4.78 is 0. The second kappa shape index (κ2) is 5.53. The van der Waals surface area contributed by atoms with Crippen LogP contribution in [0.3, 0.4) is 0 Å². The second-order valence-corrected chi connectivity index (χ2v) is 4.52. The van der Waals surface area contributed by atoms with E-state index in [0.29, 0.717) is 16.5 Å². The van der Waals surface area contributed by atoms with Gasteiger partial charge < -0.3 is 5.11 Å². The smallest absolute Gasteiger partial charge is 0.321 e. The van der Waals surface area contributed by atoms with Crippen LogP contribution in [0.2, 0.25) is 10.0 Å². The van der Waals surface area contributed by atoms with E-state index in [4.69, 9.17) is 28.3 Å². The van der Waals surface area contributed by atoms with Crippen LogP contribution < -0.4 is 0 Å². The first-order valence-corrected chi connectivity index (χ1v) is 5.51. The highest BCUT2D eigenvalue weighted by Crippen LogP contribution is 2.26. The maximum Gasteiger partial charge on any atom is 0.321 e. The van der Waals surface area contributed by atoms with Gasteiger partial charge in [0.05, 0.1) is 10.0 Å². The lowest BCUT2D eigenvalue weighted by atomic mass is 10.1. The molecule has 16 heavy (non-hydrogen) atoms. The van der Waals surface area contributed by atoms with E-state index in [1.807, 2.05) is 0 Å². The zero-order valence-corrected chi connectivity index (χ0v) is 10.6. The van der Waals surface area contributed by atoms with Gasteiger partial charge in [0.2, 0.25) is 0 Å². The van der Waals surface area contributed by atoms with E-state index in [9.17, 15) is 4.79 Å². The van der Waals surface area contributed by atoms with Crippen molar-refractivity contribution in [3.05, 3.63) is 33.8 Å². The van der Waals surface area contributed by atoms with Crippen molar-refractivity contribution in [2.45, 2.75) is 12.5 Å². The Morgan fingerprint density at radius 3 is 2.56 bits per heavy atom. The number of rotatable bonds is 4. The minimum Gasteiger partial charge on any atom is -0.480 e. The first kappa shape index (κ1) is 13.3. The molecule has 1 aromatic carbocycles. The maximum atomic E-state index is 11.0. The minimum absolute atomic E-state index is 0.335. The van der Waals surface area contributed by atoms with E-state index in [1.54, 1.807) is 37.2 Å². The van der Waals surface area contributed by atoms with Crippen molar-refractivity contribution >= 4 is 29.2 Å². The number of halogens is 2. The largest absolute Gasteiger partial charge is 0.480 e. The minimum atomic E-state index is -0.874. The molecule has 3 nitrogen and oxygen atoms in total. The molecular weight excluding hydrogens is 249 g/mol. The molecule has 0 spiro atoms. The van der Waals surface area contributed by atoms with Crippen LogP contribution in [0.1, 0.15) is 5.56 Å². The van der Waals surface area contributed by atoms with Crippen LogP contribution in [0.4, 0.5) is 0 Å². The number of carbonyl (C=O) groups is 1. The summed E-state index contributed by atoms with van der Waals surface area (Å²) in [6.07, 6.45) is 0.335. The molecule has 0 aromatic heterocycles. The van der Waals surface area contributed by atoms with Crippen LogP contribution in [0, 0.1) is 0 Å². The van der Waals surface area contributed by atoms with Gasteiger partial charge in [-0.05, 0) is 25.7 Å². The summed E-state index contributed by atoms with van der Waals surface area (Å²) in [4.78, 5) is 12.7. The van der Waals surface area contributed by atoms with Gasteiger partial charge in [-0.15, -0.1) is 0 Å². The maximum absolute atomic E-state index is 11.0. The third kappa shape index (κ3) is 3.11. The van der Waals surface area contributed by atoms with Gasteiger partial charge in [0.15, 0.2) is 0 Å². The van der Waals surface area contributed by atoms with Crippen molar-refractivity contribution in [3.63, 3.8) is 0 Å². The topological polar surface area (TPSA) is 40.5 Å². The van der Waals surface area contributed by atoms with Gasteiger partial charge >= 0.3 is 5.97 Å². The molecule has 5 heteroatoms. The lowest BCUT2D eigenvalue weighted by Gasteiger charge is -2.20. The average Bonchev–Trinajstić information content (AvgIpc) is 2.19. The molecule has 0 heterocycles. The first-order valence-electron chi connectivity index (χ1n) is 4.75. The molecule has 0 saturated carbocycles. The van der Waals surface area contributed by atoms with Gasteiger partial charge in [-0.1, -0.05) is 35.3 Å². The van der Waals surface area contributed by atoms with Crippen LogP contribution in [0.25, 0.3) is 0 Å². The lowest BCUT2D eigenvalue weighted by Crippen LogP contribution is -2.37. The summed E-state index contributed by atoms with van der Waals surface area (Å²) in [6, 6.07) is 4.63. The third-order valence-corrected chi connectivity index (χ3v) is 3.21. The Morgan fingerprint density at radius 1 is 1.44 bits per heavy atom. The van der Waals surface area contributed by atoms with Crippen molar-refractivity contribution in [1.29, 1.82) is 0 Å². The number of aliphatic carboxylic acids is 1. The number of hydrogen-bond donors (Lipinski definition) is 1. The summed E-state index contributed by atoms with van der Waals surface area (Å²) >= 11 is 11.9. The van der Waals surface area contributed by atoms with Crippen LogP contribution in [0.15, 0.2) is 18.2 Å². The van der Waals surface area contributed by atoms with Crippen molar-refractivity contribution in [2.75, 3.05) is 14.1 Å². The summed E-state index contributed by atoms with van der Waals surface area (Å²) in [5.74, 6) is -0.874. The highest BCUT2D eigenvalue weighted by atomic mass is 35.5. The van der Waals surface area contributed by atoms with Gasteiger partial charge in [-0.3, -0.25) is 9.69 Å². The fourth-order valence-corrected chi connectivity index (χ4v) is 1.80. The van der Waals surface area contributed by atoms with Crippen LogP contribution in [-0.4, -0.2) is 36.1 Å². The molecule has 0 amide bonds. The predicted molar refractivity (Wildman–Crippen MR) is 65.3 cm³/mol. The van der Waals surface area contributed by atoms with Gasteiger partial charge in [0, 0.05) is 6.42 Å². The highest BCUT2D eigenvalue weighted by Gasteiger charge is 2.21. The standard InChI is InChI=1S/C11H13Cl2NO2/c1-14(2)9(11(15)16)6-7-4-3-5-8(12)10(7)13/h3-5,9H,6H2,1-2H3,(H,15,16). The fourth-order valence-electron chi connectivity index (χ4n) is 1.41.